The Kier molecular flexibility index (Phi) is 6.53. The average molecular weight is 469 g/mol. The minimum atomic E-state index is -0.236. The van der Waals surface area contributed by atoms with Gasteiger partial charge in [-0.2, -0.15) is 0 Å². The number of benzene rings is 1. The van der Waals surface area contributed by atoms with Crippen LogP contribution in [0.2, 0.25) is 0 Å². The summed E-state index contributed by atoms with van der Waals surface area (Å²) in [5.74, 6) is 0.796. The maximum absolute atomic E-state index is 13.0. The lowest BCUT2D eigenvalue weighted by molar-refractivity contribution is -0.123. The van der Waals surface area contributed by atoms with Crippen LogP contribution in [0.3, 0.4) is 0 Å². The van der Waals surface area contributed by atoms with Gasteiger partial charge < -0.3 is 10.6 Å². The van der Waals surface area contributed by atoms with Crippen LogP contribution in [0, 0.1) is 18.8 Å². The number of anilines is 1. The van der Waals surface area contributed by atoms with Crippen molar-refractivity contribution in [3.63, 3.8) is 0 Å². The van der Waals surface area contributed by atoms with E-state index in [1.807, 2.05) is 12.1 Å². The Labute approximate surface area is 198 Å². The monoisotopic (exact) mass is 468 g/mol. The summed E-state index contributed by atoms with van der Waals surface area (Å²) in [7, 11) is 0. The lowest BCUT2D eigenvalue weighted by Gasteiger charge is -2.32. The number of fused-ring (bicyclic) bond motifs is 1. The van der Waals surface area contributed by atoms with Crippen LogP contribution in [0.5, 0.6) is 0 Å². The van der Waals surface area contributed by atoms with Gasteiger partial charge in [0.1, 0.15) is 10.1 Å². The first kappa shape index (κ1) is 22.7. The number of nitrogens with two attached hydrogens (primary N) is 1. The van der Waals surface area contributed by atoms with Gasteiger partial charge >= 0.3 is 0 Å². The van der Waals surface area contributed by atoms with E-state index in [4.69, 9.17) is 22.9 Å². The second kappa shape index (κ2) is 9.19. The van der Waals surface area contributed by atoms with Crippen molar-refractivity contribution < 1.29 is 9.59 Å². The second-order valence-electron chi connectivity index (χ2n) is 8.95. The molecule has 2 saturated heterocycles. The van der Waals surface area contributed by atoms with Gasteiger partial charge in [0.05, 0.1) is 10.4 Å². The van der Waals surface area contributed by atoms with Crippen molar-refractivity contribution in [3.8, 4) is 0 Å². The van der Waals surface area contributed by atoms with Gasteiger partial charge in [0.25, 0.3) is 5.91 Å². The smallest absolute Gasteiger partial charge is 0.266 e. The molecule has 32 heavy (non-hydrogen) atoms. The molecule has 0 saturated carbocycles. The standard InChI is InChI=1S/C24H28N4O2S2/c1-14(2)13-28-23(30)20(32-24(28)31)12-18-11-17-10-15(3)4-5-19(17)26-22(18)27-8-6-16(7-9-27)21(25)29/h4-5,10-12,14,16H,6-9,13H2,1-3H3,(H2,25,29)/b20-12-. The molecule has 168 valence electrons. The summed E-state index contributed by atoms with van der Waals surface area (Å²) < 4.78 is 0.600. The Hall–Kier alpha value is -2.45. The molecule has 0 spiro atoms. The first-order valence-electron chi connectivity index (χ1n) is 10.9. The summed E-state index contributed by atoms with van der Waals surface area (Å²) in [5, 5.41) is 1.03. The number of thiocarbonyl (C=S) groups is 1. The molecule has 6 nitrogen and oxygen atoms in total. The molecule has 1 aromatic carbocycles. The number of rotatable bonds is 5. The quantitative estimate of drug-likeness (QED) is 0.526. The van der Waals surface area contributed by atoms with Gasteiger partial charge in [-0.25, -0.2) is 4.98 Å². The van der Waals surface area contributed by atoms with E-state index in [2.05, 4.69) is 43.9 Å². The summed E-state index contributed by atoms with van der Waals surface area (Å²) in [5.41, 5.74) is 8.47. The molecule has 1 aromatic heterocycles. The highest BCUT2D eigenvalue weighted by atomic mass is 32.2. The van der Waals surface area contributed by atoms with E-state index in [9.17, 15) is 9.59 Å². The largest absolute Gasteiger partial charge is 0.369 e. The molecule has 2 aliphatic rings. The number of pyridine rings is 1. The van der Waals surface area contributed by atoms with Crippen molar-refractivity contribution in [3.05, 3.63) is 40.3 Å². The molecular weight excluding hydrogens is 440 g/mol. The van der Waals surface area contributed by atoms with Gasteiger partial charge in [-0.05, 0) is 50.0 Å². The molecule has 0 bridgehead atoms. The maximum Gasteiger partial charge on any atom is 0.266 e. The lowest BCUT2D eigenvalue weighted by Crippen LogP contribution is -2.39. The lowest BCUT2D eigenvalue weighted by atomic mass is 9.96. The highest BCUT2D eigenvalue weighted by Gasteiger charge is 2.33. The molecule has 2 fully saturated rings. The van der Waals surface area contributed by atoms with Gasteiger partial charge in [-0.15, -0.1) is 0 Å². The summed E-state index contributed by atoms with van der Waals surface area (Å²) in [6.45, 7) is 8.22. The Morgan fingerprint density at radius 1 is 1.31 bits per heavy atom. The van der Waals surface area contributed by atoms with Crippen LogP contribution in [-0.2, 0) is 9.59 Å². The van der Waals surface area contributed by atoms with Crippen molar-refractivity contribution >= 4 is 62.9 Å². The van der Waals surface area contributed by atoms with E-state index >= 15 is 0 Å². The Balaban J connectivity index is 1.73. The first-order valence-corrected chi connectivity index (χ1v) is 12.2. The highest BCUT2D eigenvalue weighted by Crippen LogP contribution is 2.36. The number of aryl methyl sites for hydroxylation is 1. The fourth-order valence-electron chi connectivity index (χ4n) is 4.20. The number of primary amides is 1. The molecule has 2 N–H and O–H groups in total. The van der Waals surface area contributed by atoms with Gasteiger partial charge in [0, 0.05) is 36.5 Å². The van der Waals surface area contributed by atoms with E-state index in [1.54, 1.807) is 4.90 Å². The van der Waals surface area contributed by atoms with Gasteiger partial charge in [0.15, 0.2) is 0 Å². The molecular formula is C24H28N4O2S2. The van der Waals surface area contributed by atoms with E-state index in [1.165, 1.54) is 11.8 Å². The molecule has 0 aliphatic carbocycles. The molecule has 3 heterocycles. The number of carbonyl (C=O) groups excluding carboxylic acids is 2. The van der Waals surface area contributed by atoms with Crippen LogP contribution in [0.4, 0.5) is 5.82 Å². The number of hydrogen-bond donors (Lipinski definition) is 1. The number of thioether (sulfide) groups is 1. The SMILES string of the molecule is Cc1ccc2nc(N3CCC(C(N)=O)CC3)c(/C=C3\SC(=S)N(CC(C)C)C3=O)cc2c1. The zero-order valence-electron chi connectivity index (χ0n) is 18.6. The zero-order valence-corrected chi connectivity index (χ0v) is 20.3. The number of piperidine rings is 1. The Bertz CT molecular complexity index is 1120. The minimum Gasteiger partial charge on any atom is -0.369 e. The molecule has 2 aliphatic heterocycles. The third-order valence-electron chi connectivity index (χ3n) is 5.88. The molecule has 0 unspecified atom stereocenters. The van der Waals surface area contributed by atoms with Crippen LogP contribution in [0.15, 0.2) is 29.2 Å². The molecule has 8 heteroatoms. The van der Waals surface area contributed by atoms with Crippen molar-refractivity contribution in [2.75, 3.05) is 24.5 Å². The van der Waals surface area contributed by atoms with Crippen molar-refractivity contribution in [2.45, 2.75) is 33.6 Å². The Morgan fingerprint density at radius 2 is 2.03 bits per heavy atom. The molecule has 0 atom stereocenters. The predicted octanol–water partition coefficient (Wildman–Crippen LogP) is 4.10. The minimum absolute atomic E-state index is 0.0450. The summed E-state index contributed by atoms with van der Waals surface area (Å²) in [6, 6.07) is 8.28. The van der Waals surface area contributed by atoms with Crippen molar-refractivity contribution in [2.24, 2.45) is 17.6 Å². The van der Waals surface area contributed by atoms with Crippen LogP contribution >= 0.6 is 24.0 Å². The van der Waals surface area contributed by atoms with E-state index in [-0.39, 0.29) is 17.7 Å². The van der Waals surface area contributed by atoms with Crippen LogP contribution < -0.4 is 10.6 Å². The topological polar surface area (TPSA) is 79.5 Å². The van der Waals surface area contributed by atoms with Crippen LogP contribution in [-0.4, -0.2) is 45.7 Å². The van der Waals surface area contributed by atoms with E-state index in [0.29, 0.717) is 47.6 Å². The molecule has 4 rings (SSSR count). The molecule has 2 aromatic rings. The van der Waals surface area contributed by atoms with E-state index < -0.39 is 0 Å². The summed E-state index contributed by atoms with van der Waals surface area (Å²) in [6.07, 6.45) is 3.34. The first-order chi connectivity index (χ1) is 15.2. The molecule has 0 radical (unpaired) electrons. The maximum atomic E-state index is 13.0. The normalized spacial score (nSPS) is 19.1. The van der Waals surface area contributed by atoms with Gasteiger partial charge in [-0.3, -0.25) is 14.5 Å². The summed E-state index contributed by atoms with van der Waals surface area (Å²) in [4.78, 5) is 34.1. The molecule has 2 amide bonds. The fraction of sp³-hybridized carbons (Fsp3) is 0.417. The van der Waals surface area contributed by atoms with E-state index in [0.717, 1.165) is 27.8 Å². The Morgan fingerprint density at radius 3 is 2.69 bits per heavy atom. The zero-order chi connectivity index (χ0) is 23.0. The second-order valence-corrected chi connectivity index (χ2v) is 10.6. The highest BCUT2D eigenvalue weighted by molar-refractivity contribution is 8.26. The third-order valence-corrected chi connectivity index (χ3v) is 7.26. The fourth-order valence-corrected chi connectivity index (χ4v) is 5.47. The number of amides is 2. The predicted molar refractivity (Wildman–Crippen MR) is 135 cm³/mol. The van der Waals surface area contributed by atoms with Crippen molar-refractivity contribution in [1.29, 1.82) is 0 Å². The average Bonchev–Trinajstić information content (AvgIpc) is 3.00. The number of hydrogen-bond acceptors (Lipinski definition) is 6. The van der Waals surface area contributed by atoms with Gasteiger partial charge in [-0.1, -0.05) is 49.5 Å². The number of nitrogens with zero attached hydrogens (tertiary/aromatic N) is 3. The van der Waals surface area contributed by atoms with Crippen LogP contribution in [0.25, 0.3) is 17.0 Å². The van der Waals surface area contributed by atoms with Crippen molar-refractivity contribution in [1.82, 2.24) is 9.88 Å². The summed E-state index contributed by atoms with van der Waals surface area (Å²) >= 11 is 6.82. The number of carbonyl (C=O) groups is 2. The van der Waals surface area contributed by atoms with Crippen LogP contribution in [0.1, 0.15) is 37.8 Å². The van der Waals surface area contributed by atoms with Gasteiger partial charge in [0.2, 0.25) is 5.91 Å². The third kappa shape index (κ3) is 4.66. The number of aromatic nitrogens is 1.